The lowest BCUT2D eigenvalue weighted by atomic mass is 9.90. The molecule has 5 rings (SSSR count). The monoisotopic (exact) mass is 473 g/mol. The number of hydrogen-bond acceptors (Lipinski definition) is 7. The van der Waals surface area contributed by atoms with Gasteiger partial charge in [0.1, 0.15) is 10.6 Å². The number of amides is 1. The van der Waals surface area contributed by atoms with Crippen molar-refractivity contribution in [2.75, 3.05) is 39.4 Å². The van der Waals surface area contributed by atoms with Crippen molar-refractivity contribution in [1.29, 1.82) is 0 Å². The van der Waals surface area contributed by atoms with Crippen LogP contribution in [0.15, 0.2) is 33.9 Å². The Morgan fingerprint density at radius 3 is 2.52 bits per heavy atom. The van der Waals surface area contributed by atoms with Gasteiger partial charge in [-0.3, -0.25) is 4.79 Å². The van der Waals surface area contributed by atoms with Crippen LogP contribution in [0.4, 0.5) is 0 Å². The number of ether oxygens (including phenoxy) is 1. The zero-order chi connectivity index (χ0) is 23.2. The molecule has 0 radical (unpaired) electrons. The summed E-state index contributed by atoms with van der Waals surface area (Å²) < 4.78 is 39.9. The Morgan fingerprint density at radius 2 is 1.85 bits per heavy atom. The largest absolute Gasteiger partial charge is 0.378 e. The quantitative estimate of drug-likeness (QED) is 0.570. The highest BCUT2D eigenvalue weighted by molar-refractivity contribution is 7.89. The highest BCUT2D eigenvalue weighted by atomic mass is 32.2. The van der Waals surface area contributed by atoms with Crippen LogP contribution >= 0.6 is 0 Å². The van der Waals surface area contributed by atoms with Crippen molar-refractivity contribution >= 4 is 21.4 Å². The van der Waals surface area contributed by atoms with Gasteiger partial charge in [-0.1, -0.05) is 5.16 Å². The third kappa shape index (κ3) is 3.94. The zero-order valence-electron chi connectivity index (χ0n) is 18.7. The van der Waals surface area contributed by atoms with Crippen LogP contribution in [-0.2, 0) is 14.8 Å². The molecule has 2 saturated heterocycles. The van der Waals surface area contributed by atoms with Gasteiger partial charge in [-0.05, 0) is 50.3 Å². The SMILES string of the molecule is Cc1noc(C)c1S(=O)(=O)N1CCC(c2ccn3ncc(C(=O)N4CCOCC4)c3c2)CC1. The van der Waals surface area contributed by atoms with E-state index >= 15 is 0 Å². The summed E-state index contributed by atoms with van der Waals surface area (Å²) >= 11 is 0. The van der Waals surface area contributed by atoms with E-state index in [2.05, 4.69) is 10.3 Å². The van der Waals surface area contributed by atoms with Crippen molar-refractivity contribution in [3.8, 4) is 0 Å². The van der Waals surface area contributed by atoms with Gasteiger partial charge in [0.05, 0.1) is 30.5 Å². The Balaban J connectivity index is 1.34. The molecule has 0 aliphatic carbocycles. The van der Waals surface area contributed by atoms with Crippen molar-refractivity contribution in [1.82, 2.24) is 24.0 Å². The summed E-state index contributed by atoms with van der Waals surface area (Å²) in [6, 6.07) is 4.02. The second-order valence-corrected chi connectivity index (χ2v) is 10.5. The van der Waals surface area contributed by atoms with E-state index in [4.69, 9.17) is 9.26 Å². The second kappa shape index (κ2) is 8.54. The van der Waals surface area contributed by atoms with Gasteiger partial charge in [0.15, 0.2) is 5.76 Å². The van der Waals surface area contributed by atoms with E-state index in [1.807, 2.05) is 18.3 Å². The van der Waals surface area contributed by atoms with Crippen molar-refractivity contribution in [2.45, 2.75) is 37.5 Å². The minimum Gasteiger partial charge on any atom is -0.378 e. The van der Waals surface area contributed by atoms with Gasteiger partial charge in [0.2, 0.25) is 10.0 Å². The van der Waals surface area contributed by atoms with Gasteiger partial charge < -0.3 is 14.2 Å². The average Bonchev–Trinajstić information content (AvgIpc) is 3.41. The van der Waals surface area contributed by atoms with Crippen molar-refractivity contribution in [3.05, 3.63) is 47.1 Å². The lowest BCUT2D eigenvalue weighted by Gasteiger charge is -2.31. The standard InChI is InChI=1S/C22H27N5O5S/c1-15-21(16(2)32-24-15)33(29,30)26-6-3-17(4-7-26)18-5-8-27-20(13-18)19(14-23-27)22(28)25-9-11-31-12-10-25/h5,8,13-14,17H,3-4,6-7,9-12H2,1-2H3. The van der Waals surface area contributed by atoms with E-state index in [1.54, 1.807) is 29.5 Å². The smallest absolute Gasteiger partial charge is 0.257 e. The maximum atomic E-state index is 13.1. The molecule has 1 amide bonds. The molecule has 0 saturated carbocycles. The minimum absolute atomic E-state index is 0.0363. The highest BCUT2D eigenvalue weighted by Gasteiger charge is 2.34. The summed E-state index contributed by atoms with van der Waals surface area (Å²) in [4.78, 5) is 15.0. The molecule has 3 aromatic rings. The first-order chi connectivity index (χ1) is 15.9. The Labute approximate surface area is 192 Å². The molecule has 5 heterocycles. The Hall–Kier alpha value is -2.76. The predicted octanol–water partition coefficient (Wildman–Crippen LogP) is 1.98. The Kier molecular flexibility index (Phi) is 5.71. The third-order valence-corrected chi connectivity index (χ3v) is 8.71. The first kappa shape index (κ1) is 22.1. The zero-order valence-corrected chi connectivity index (χ0v) is 19.5. The molecular formula is C22H27N5O5S. The number of hydrogen-bond donors (Lipinski definition) is 0. The summed E-state index contributed by atoms with van der Waals surface area (Å²) in [6.07, 6.45) is 4.88. The first-order valence-corrected chi connectivity index (χ1v) is 12.6. The fourth-order valence-corrected chi connectivity index (χ4v) is 6.51. The van der Waals surface area contributed by atoms with Gasteiger partial charge in [0.25, 0.3) is 5.91 Å². The second-order valence-electron chi connectivity index (χ2n) is 8.58. The van der Waals surface area contributed by atoms with E-state index in [1.165, 1.54) is 4.31 Å². The molecule has 176 valence electrons. The number of sulfonamides is 1. The fraction of sp³-hybridized carbons (Fsp3) is 0.500. The number of nitrogens with zero attached hydrogens (tertiary/aromatic N) is 5. The molecular weight excluding hydrogens is 446 g/mol. The maximum Gasteiger partial charge on any atom is 0.257 e. The Morgan fingerprint density at radius 1 is 1.12 bits per heavy atom. The number of aromatic nitrogens is 3. The van der Waals surface area contributed by atoms with Crippen molar-refractivity contribution in [3.63, 3.8) is 0 Å². The van der Waals surface area contributed by atoms with E-state index in [0.29, 0.717) is 69.3 Å². The molecule has 10 nitrogen and oxygen atoms in total. The summed E-state index contributed by atoms with van der Waals surface area (Å²) in [5.41, 5.74) is 2.83. The topological polar surface area (TPSA) is 110 Å². The van der Waals surface area contributed by atoms with Crippen LogP contribution in [0, 0.1) is 13.8 Å². The number of rotatable bonds is 4. The van der Waals surface area contributed by atoms with Crippen LogP contribution in [0.5, 0.6) is 0 Å². The van der Waals surface area contributed by atoms with Gasteiger partial charge in [-0.2, -0.15) is 9.40 Å². The maximum absolute atomic E-state index is 13.1. The molecule has 0 N–H and O–H groups in total. The van der Waals surface area contributed by atoms with E-state index in [-0.39, 0.29) is 16.7 Å². The number of pyridine rings is 1. The third-order valence-electron chi connectivity index (χ3n) is 6.57. The lowest BCUT2D eigenvalue weighted by Crippen LogP contribution is -2.40. The Bertz CT molecular complexity index is 1260. The van der Waals surface area contributed by atoms with Gasteiger partial charge in [-0.15, -0.1) is 0 Å². The normalized spacial score (nSPS) is 18.8. The molecule has 0 spiro atoms. The molecule has 11 heteroatoms. The van der Waals surface area contributed by atoms with Crippen LogP contribution in [0.25, 0.3) is 5.52 Å². The van der Waals surface area contributed by atoms with Crippen LogP contribution in [0.3, 0.4) is 0 Å². The number of aryl methyl sites for hydroxylation is 2. The summed E-state index contributed by atoms with van der Waals surface area (Å²) in [5, 5.41) is 8.14. The lowest BCUT2D eigenvalue weighted by molar-refractivity contribution is 0.0304. The molecule has 2 fully saturated rings. The molecule has 0 bridgehead atoms. The minimum atomic E-state index is -3.64. The van der Waals surface area contributed by atoms with Gasteiger partial charge in [-0.25, -0.2) is 12.9 Å². The first-order valence-electron chi connectivity index (χ1n) is 11.1. The van der Waals surface area contributed by atoms with E-state index in [0.717, 1.165) is 11.1 Å². The van der Waals surface area contributed by atoms with Crippen molar-refractivity contribution in [2.24, 2.45) is 0 Å². The summed E-state index contributed by atoms with van der Waals surface area (Å²) in [5.74, 6) is 0.483. The number of piperidine rings is 1. The number of fused-ring (bicyclic) bond motifs is 1. The molecule has 0 aromatic carbocycles. The van der Waals surface area contributed by atoms with Gasteiger partial charge >= 0.3 is 0 Å². The molecule has 0 atom stereocenters. The van der Waals surface area contributed by atoms with Crippen LogP contribution in [-0.4, -0.2) is 77.7 Å². The van der Waals surface area contributed by atoms with Gasteiger partial charge in [0, 0.05) is 32.4 Å². The molecule has 2 aliphatic heterocycles. The molecule has 3 aromatic heterocycles. The van der Waals surface area contributed by atoms with E-state index in [9.17, 15) is 13.2 Å². The van der Waals surface area contributed by atoms with Crippen molar-refractivity contribution < 1.29 is 22.5 Å². The molecule has 33 heavy (non-hydrogen) atoms. The number of morpholine rings is 1. The highest BCUT2D eigenvalue weighted by Crippen LogP contribution is 2.33. The van der Waals surface area contributed by atoms with Crippen LogP contribution in [0.1, 0.15) is 46.1 Å². The fourth-order valence-electron chi connectivity index (χ4n) is 4.75. The van der Waals surface area contributed by atoms with E-state index < -0.39 is 10.0 Å². The number of carbonyl (C=O) groups excluding carboxylic acids is 1. The number of carbonyl (C=O) groups is 1. The van der Waals surface area contributed by atoms with Crippen LogP contribution in [0.2, 0.25) is 0 Å². The summed E-state index contributed by atoms with van der Waals surface area (Å²) in [7, 11) is -3.64. The average molecular weight is 474 g/mol. The predicted molar refractivity (Wildman–Crippen MR) is 119 cm³/mol. The summed E-state index contributed by atoms with van der Waals surface area (Å²) in [6.45, 7) is 6.35. The molecule has 2 aliphatic rings. The molecule has 0 unspecified atom stereocenters. The van der Waals surface area contributed by atoms with Crippen LogP contribution < -0.4 is 0 Å².